The summed E-state index contributed by atoms with van der Waals surface area (Å²) in [7, 11) is 0. The third kappa shape index (κ3) is 3.21. The van der Waals surface area contributed by atoms with E-state index in [-0.39, 0.29) is 29.4 Å². The van der Waals surface area contributed by atoms with E-state index in [0.717, 1.165) is 22.3 Å². The van der Waals surface area contributed by atoms with Gasteiger partial charge in [-0.2, -0.15) is 0 Å². The number of benzene rings is 4. The van der Waals surface area contributed by atoms with E-state index >= 15 is 0 Å². The minimum Gasteiger partial charge on any atom is -0.483 e. The fourth-order valence-electron chi connectivity index (χ4n) is 6.70. The second kappa shape index (κ2) is 8.52. The molecule has 4 aliphatic rings. The summed E-state index contributed by atoms with van der Waals surface area (Å²) in [4.78, 5) is 41.8. The Hall–Kier alpha value is -4.51. The molecular formula is C33H25NO4. The van der Waals surface area contributed by atoms with E-state index in [4.69, 9.17) is 4.74 Å². The Morgan fingerprint density at radius 3 is 1.58 bits per heavy atom. The maximum Gasteiger partial charge on any atom is 0.238 e. The fourth-order valence-corrected chi connectivity index (χ4v) is 6.70. The third-order valence-corrected chi connectivity index (χ3v) is 8.28. The van der Waals surface area contributed by atoms with Crippen LogP contribution in [0.25, 0.3) is 0 Å². The molecule has 3 atom stereocenters. The van der Waals surface area contributed by atoms with E-state index in [0.29, 0.717) is 17.0 Å². The maximum atomic E-state index is 13.9. The Balaban J connectivity index is 1.18. The molecule has 0 aromatic heterocycles. The lowest BCUT2D eigenvalue weighted by Crippen LogP contribution is -2.41. The first kappa shape index (κ1) is 22.7. The highest BCUT2D eigenvalue weighted by Gasteiger charge is 2.61. The molecule has 0 saturated carbocycles. The zero-order chi connectivity index (χ0) is 26.0. The van der Waals surface area contributed by atoms with Gasteiger partial charge in [0.05, 0.1) is 17.5 Å². The zero-order valence-corrected chi connectivity index (χ0v) is 20.8. The summed E-state index contributed by atoms with van der Waals surface area (Å²) >= 11 is 0. The van der Waals surface area contributed by atoms with Gasteiger partial charge in [-0.15, -0.1) is 0 Å². The number of nitrogens with zero attached hydrogens (tertiary/aromatic N) is 1. The SMILES string of the molecule is CC(Oc1ccc(N2C(=O)C3C4c5ccccc5C(c5ccccc54)C3C2=O)cc1)C(=O)c1ccccc1. The molecule has 4 aromatic carbocycles. The predicted octanol–water partition coefficient (Wildman–Crippen LogP) is 5.73. The van der Waals surface area contributed by atoms with Crippen LogP contribution in [0.5, 0.6) is 5.75 Å². The molecule has 3 aliphatic carbocycles. The van der Waals surface area contributed by atoms with Gasteiger partial charge < -0.3 is 4.74 Å². The number of carbonyl (C=O) groups is 3. The Kier molecular flexibility index (Phi) is 5.08. The predicted molar refractivity (Wildman–Crippen MR) is 143 cm³/mol. The number of ketones is 1. The van der Waals surface area contributed by atoms with Crippen molar-refractivity contribution in [3.8, 4) is 5.75 Å². The normalized spacial score (nSPS) is 23.4. The third-order valence-electron chi connectivity index (χ3n) is 8.28. The van der Waals surface area contributed by atoms with Crippen LogP contribution in [-0.4, -0.2) is 23.7 Å². The lowest BCUT2D eigenvalue weighted by atomic mass is 9.55. The molecule has 1 heterocycles. The van der Waals surface area contributed by atoms with Crippen LogP contribution in [0.3, 0.4) is 0 Å². The second-order valence-corrected chi connectivity index (χ2v) is 10.3. The van der Waals surface area contributed by atoms with Gasteiger partial charge in [-0.1, -0.05) is 78.9 Å². The van der Waals surface area contributed by atoms with Crippen LogP contribution < -0.4 is 9.64 Å². The molecule has 2 amide bonds. The van der Waals surface area contributed by atoms with Gasteiger partial charge in [-0.05, 0) is 53.4 Å². The van der Waals surface area contributed by atoms with Crippen LogP contribution in [0.15, 0.2) is 103 Å². The monoisotopic (exact) mass is 499 g/mol. The minimum atomic E-state index is -0.672. The van der Waals surface area contributed by atoms with E-state index in [1.807, 2.05) is 42.5 Å². The molecule has 1 saturated heterocycles. The van der Waals surface area contributed by atoms with Gasteiger partial charge in [0.25, 0.3) is 0 Å². The number of carbonyl (C=O) groups excluding carboxylic acids is 3. The lowest BCUT2D eigenvalue weighted by molar-refractivity contribution is -0.122. The molecule has 1 aliphatic heterocycles. The quantitative estimate of drug-likeness (QED) is 0.260. The average molecular weight is 500 g/mol. The summed E-state index contributed by atoms with van der Waals surface area (Å²) in [5.74, 6) is -1.02. The maximum absolute atomic E-state index is 13.9. The first-order valence-corrected chi connectivity index (χ1v) is 13.0. The topological polar surface area (TPSA) is 63.7 Å². The van der Waals surface area contributed by atoms with Gasteiger partial charge in [-0.25, -0.2) is 4.90 Å². The van der Waals surface area contributed by atoms with Crippen molar-refractivity contribution in [2.75, 3.05) is 4.90 Å². The number of amides is 2. The molecule has 8 rings (SSSR count). The first-order valence-electron chi connectivity index (χ1n) is 13.0. The Bertz CT molecular complexity index is 1480. The minimum absolute atomic E-state index is 0.113. The van der Waals surface area contributed by atoms with Gasteiger partial charge in [0, 0.05) is 17.4 Å². The molecule has 0 spiro atoms. The number of Topliss-reactive ketones (excluding diaryl/α,β-unsaturated/α-hetero) is 1. The van der Waals surface area contributed by atoms with Crippen molar-refractivity contribution in [1.82, 2.24) is 0 Å². The molecule has 2 bridgehead atoms. The molecule has 3 unspecified atom stereocenters. The number of hydrogen-bond donors (Lipinski definition) is 0. The number of imide groups is 1. The standard InChI is InChI=1S/C33H25NO4/c1-19(31(35)20-9-3-2-4-10-20)38-22-17-15-21(16-18-22)34-32(36)29-27-23-11-5-6-12-24(23)28(30(29)33(34)37)26-14-8-7-13-25(26)27/h2-19,27-30H,1H3. The summed E-state index contributed by atoms with van der Waals surface area (Å²) in [6, 6.07) is 32.4. The molecule has 1 fully saturated rings. The molecule has 0 N–H and O–H groups in total. The Labute approximate surface area is 220 Å². The van der Waals surface area contributed by atoms with Crippen LogP contribution in [-0.2, 0) is 9.59 Å². The van der Waals surface area contributed by atoms with Crippen molar-refractivity contribution in [1.29, 1.82) is 0 Å². The van der Waals surface area contributed by atoms with E-state index < -0.39 is 17.9 Å². The van der Waals surface area contributed by atoms with E-state index in [1.54, 1.807) is 43.3 Å². The molecule has 5 heteroatoms. The van der Waals surface area contributed by atoms with Crippen molar-refractivity contribution in [2.45, 2.75) is 24.9 Å². The number of hydrogen-bond acceptors (Lipinski definition) is 4. The molecule has 38 heavy (non-hydrogen) atoms. The molecule has 4 aromatic rings. The van der Waals surface area contributed by atoms with Gasteiger partial charge in [0.1, 0.15) is 5.75 Å². The van der Waals surface area contributed by atoms with Crippen molar-refractivity contribution < 1.29 is 19.1 Å². The summed E-state index contributed by atoms with van der Waals surface area (Å²) in [5, 5.41) is 0. The largest absolute Gasteiger partial charge is 0.483 e. The lowest BCUT2D eigenvalue weighted by Gasteiger charge is -2.45. The van der Waals surface area contributed by atoms with Crippen LogP contribution >= 0.6 is 0 Å². The molecule has 186 valence electrons. The smallest absolute Gasteiger partial charge is 0.238 e. The van der Waals surface area contributed by atoms with Crippen molar-refractivity contribution >= 4 is 23.3 Å². The Morgan fingerprint density at radius 2 is 1.11 bits per heavy atom. The van der Waals surface area contributed by atoms with E-state index in [9.17, 15) is 14.4 Å². The summed E-state index contributed by atoms with van der Waals surface area (Å²) in [6.45, 7) is 1.71. The van der Waals surface area contributed by atoms with Crippen LogP contribution in [0.4, 0.5) is 5.69 Å². The van der Waals surface area contributed by atoms with Gasteiger partial charge >= 0.3 is 0 Å². The first-order chi connectivity index (χ1) is 18.5. The highest BCUT2D eigenvalue weighted by Crippen LogP contribution is 2.61. The van der Waals surface area contributed by atoms with Gasteiger partial charge in [0.15, 0.2) is 6.10 Å². The van der Waals surface area contributed by atoms with Crippen molar-refractivity contribution in [3.63, 3.8) is 0 Å². The van der Waals surface area contributed by atoms with E-state index in [1.165, 1.54) is 4.90 Å². The van der Waals surface area contributed by atoms with Crippen LogP contribution in [0, 0.1) is 11.8 Å². The zero-order valence-electron chi connectivity index (χ0n) is 20.8. The molecular weight excluding hydrogens is 474 g/mol. The highest BCUT2D eigenvalue weighted by atomic mass is 16.5. The van der Waals surface area contributed by atoms with Gasteiger partial charge in [-0.3, -0.25) is 14.4 Å². The summed E-state index contributed by atoms with van der Waals surface area (Å²) < 4.78 is 5.89. The number of anilines is 1. The fraction of sp³-hybridized carbons (Fsp3) is 0.182. The van der Waals surface area contributed by atoms with Crippen LogP contribution in [0.2, 0.25) is 0 Å². The van der Waals surface area contributed by atoms with Crippen molar-refractivity contribution in [2.24, 2.45) is 11.8 Å². The second-order valence-electron chi connectivity index (χ2n) is 10.3. The summed E-state index contributed by atoms with van der Waals surface area (Å²) in [5.41, 5.74) is 5.73. The van der Waals surface area contributed by atoms with Crippen molar-refractivity contribution in [3.05, 3.63) is 131 Å². The van der Waals surface area contributed by atoms with Gasteiger partial charge in [0.2, 0.25) is 17.6 Å². The number of rotatable bonds is 5. The molecule has 0 radical (unpaired) electrons. The average Bonchev–Trinajstić information content (AvgIpc) is 3.23. The van der Waals surface area contributed by atoms with Crippen LogP contribution in [0.1, 0.15) is 51.4 Å². The Morgan fingerprint density at radius 1 is 0.658 bits per heavy atom. The number of ether oxygens (including phenoxy) is 1. The highest BCUT2D eigenvalue weighted by molar-refractivity contribution is 6.23. The summed E-state index contributed by atoms with van der Waals surface area (Å²) in [6.07, 6.45) is -0.672. The molecule has 5 nitrogen and oxygen atoms in total. The van der Waals surface area contributed by atoms with E-state index in [2.05, 4.69) is 24.3 Å².